The Morgan fingerprint density at radius 1 is 1.21 bits per heavy atom. The minimum absolute atomic E-state index is 0.175. The highest BCUT2D eigenvalue weighted by atomic mass is 79.9. The van der Waals surface area contributed by atoms with Crippen LogP contribution in [0.25, 0.3) is 0 Å². The molecule has 0 aliphatic carbocycles. The summed E-state index contributed by atoms with van der Waals surface area (Å²) in [7, 11) is 0. The monoisotopic (exact) mass is 342 g/mol. The average Bonchev–Trinajstić information content (AvgIpc) is 2.41. The zero-order valence-electron chi connectivity index (χ0n) is 10.0. The van der Waals surface area contributed by atoms with Gasteiger partial charge in [-0.05, 0) is 47.9 Å². The lowest BCUT2D eigenvalue weighted by Crippen LogP contribution is -2.30. The first kappa shape index (κ1) is 14.5. The summed E-state index contributed by atoms with van der Waals surface area (Å²) < 4.78 is 14.2. The summed E-state index contributed by atoms with van der Waals surface area (Å²) >= 11 is 9.26. The van der Waals surface area contributed by atoms with Crippen LogP contribution in [0.1, 0.15) is 17.2 Å². The van der Waals surface area contributed by atoms with E-state index in [2.05, 4.69) is 21.4 Å². The van der Waals surface area contributed by atoms with Crippen molar-refractivity contribution in [3.63, 3.8) is 0 Å². The van der Waals surface area contributed by atoms with Crippen LogP contribution < -0.4 is 11.3 Å². The second-order valence-electron chi connectivity index (χ2n) is 4.22. The molecule has 0 aliphatic rings. The Labute approximate surface area is 124 Å². The Kier molecular flexibility index (Phi) is 4.93. The Morgan fingerprint density at radius 3 is 2.53 bits per heavy atom. The van der Waals surface area contributed by atoms with Crippen LogP contribution in [0.3, 0.4) is 0 Å². The molecule has 1 unspecified atom stereocenters. The molecular formula is C14H13BrClFN2. The van der Waals surface area contributed by atoms with Crippen molar-refractivity contribution < 1.29 is 4.39 Å². The third-order valence-corrected chi connectivity index (χ3v) is 3.86. The molecule has 3 N–H and O–H groups in total. The Hall–Kier alpha value is -0.940. The lowest BCUT2D eigenvalue weighted by molar-refractivity contribution is 0.542. The molecule has 0 saturated carbocycles. The number of hydrogen-bond donors (Lipinski definition) is 2. The van der Waals surface area contributed by atoms with Gasteiger partial charge in [-0.25, -0.2) is 4.39 Å². The van der Waals surface area contributed by atoms with E-state index < -0.39 is 0 Å². The number of hydrogen-bond acceptors (Lipinski definition) is 2. The van der Waals surface area contributed by atoms with E-state index in [1.807, 2.05) is 24.3 Å². The smallest absolute Gasteiger partial charge is 0.123 e. The summed E-state index contributed by atoms with van der Waals surface area (Å²) in [5.41, 5.74) is 4.58. The summed E-state index contributed by atoms with van der Waals surface area (Å²) in [6.07, 6.45) is 0.649. The molecule has 0 amide bonds. The molecule has 100 valence electrons. The Morgan fingerprint density at radius 2 is 1.89 bits per heavy atom. The maximum absolute atomic E-state index is 13.3. The predicted molar refractivity (Wildman–Crippen MR) is 79.3 cm³/mol. The van der Waals surface area contributed by atoms with E-state index in [1.54, 1.807) is 6.07 Å². The predicted octanol–water partition coefficient (Wildman–Crippen LogP) is 3.99. The van der Waals surface area contributed by atoms with Crippen molar-refractivity contribution in [2.75, 3.05) is 0 Å². The minimum atomic E-state index is -0.283. The van der Waals surface area contributed by atoms with Crippen molar-refractivity contribution in [2.45, 2.75) is 12.5 Å². The number of rotatable bonds is 4. The van der Waals surface area contributed by atoms with E-state index in [4.69, 9.17) is 17.4 Å². The molecule has 0 radical (unpaired) electrons. The molecule has 0 fully saturated rings. The van der Waals surface area contributed by atoms with Crippen molar-refractivity contribution in [2.24, 2.45) is 5.84 Å². The van der Waals surface area contributed by atoms with Gasteiger partial charge < -0.3 is 0 Å². The van der Waals surface area contributed by atoms with Crippen molar-refractivity contribution in [3.8, 4) is 0 Å². The van der Waals surface area contributed by atoms with Crippen molar-refractivity contribution in [3.05, 3.63) is 68.9 Å². The first-order valence-corrected chi connectivity index (χ1v) is 6.93. The number of hydrazine groups is 1. The molecule has 2 rings (SSSR count). The number of nitrogens with one attached hydrogen (secondary N) is 1. The van der Waals surface area contributed by atoms with E-state index in [-0.39, 0.29) is 11.9 Å². The van der Waals surface area contributed by atoms with Gasteiger partial charge in [0.1, 0.15) is 5.82 Å². The third-order valence-electron chi connectivity index (χ3n) is 2.89. The van der Waals surface area contributed by atoms with E-state index in [9.17, 15) is 4.39 Å². The van der Waals surface area contributed by atoms with Gasteiger partial charge in [0.25, 0.3) is 0 Å². The molecule has 0 spiro atoms. The van der Waals surface area contributed by atoms with Crippen LogP contribution in [0.15, 0.2) is 46.9 Å². The molecule has 0 aromatic heterocycles. The van der Waals surface area contributed by atoms with Crippen molar-refractivity contribution >= 4 is 27.5 Å². The average molecular weight is 344 g/mol. The molecule has 0 aliphatic heterocycles. The normalized spacial score (nSPS) is 12.4. The standard InChI is InChI=1S/C14H13BrClFN2/c15-13-6-5-11(17)8-12(13)14(19-18)7-9-1-3-10(16)4-2-9/h1-6,8,14,19H,7,18H2. The Bertz CT molecular complexity index is 560. The summed E-state index contributed by atoms with van der Waals surface area (Å²) in [5, 5.41) is 0.688. The lowest BCUT2D eigenvalue weighted by Gasteiger charge is -2.18. The van der Waals surface area contributed by atoms with Crippen molar-refractivity contribution in [1.29, 1.82) is 0 Å². The van der Waals surface area contributed by atoms with Gasteiger partial charge >= 0.3 is 0 Å². The van der Waals surface area contributed by atoms with Gasteiger partial charge in [0, 0.05) is 9.50 Å². The quantitative estimate of drug-likeness (QED) is 0.651. The summed E-state index contributed by atoms with van der Waals surface area (Å²) in [6, 6.07) is 11.9. The molecule has 5 heteroatoms. The fourth-order valence-electron chi connectivity index (χ4n) is 1.90. The molecular weight excluding hydrogens is 331 g/mol. The van der Waals surface area contributed by atoms with E-state index in [0.29, 0.717) is 11.4 Å². The molecule has 1 atom stereocenters. The molecule has 2 aromatic rings. The maximum atomic E-state index is 13.3. The summed E-state index contributed by atoms with van der Waals surface area (Å²) in [6.45, 7) is 0. The van der Waals surface area contributed by atoms with Gasteiger partial charge in [-0.15, -0.1) is 0 Å². The highest BCUT2D eigenvalue weighted by Crippen LogP contribution is 2.27. The highest BCUT2D eigenvalue weighted by Gasteiger charge is 2.14. The molecule has 0 bridgehead atoms. The maximum Gasteiger partial charge on any atom is 0.123 e. The second-order valence-corrected chi connectivity index (χ2v) is 5.51. The van der Waals surface area contributed by atoms with Gasteiger partial charge in [-0.1, -0.05) is 39.7 Å². The van der Waals surface area contributed by atoms with Crippen LogP contribution in [0.4, 0.5) is 4.39 Å². The molecule has 19 heavy (non-hydrogen) atoms. The number of nitrogens with two attached hydrogens (primary N) is 1. The van der Waals surface area contributed by atoms with Crippen LogP contribution in [0.5, 0.6) is 0 Å². The zero-order chi connectivity index (χ0) is 13.8. The summed E-state index contributed by atoms with van der Waals surface area (Å²) in [5.74, 6) is 5.30. The van der Waals surface area contributed by atoms with E-state index in [1.165, 1.54) is 12.1 Å². The second kappa shape index (κ2) is 6.48. The fourth-order valence-corrected chi connectivity index (χ4v) is 2.55. The van der Waals surface area contributed by atoms with Gasteiger partial charge in [0.05, 0.1) is 6.04 Å². The van der Waals surface area contributed by atoms with Gasteiger partial charge in [0.2, 0.25) is 0 Å². The minimum Gasteiger partial charge on any atom is -0.271 e. The van der Waals surface area contributed by atoms with Crippen LogP contribution in [0, 0.1) is 5.82 Å². The van der Waals surface area contributed by atoms with Gasteiger partial charge in [-0.2, -0.15) is 0 Å². The van der Waals surface area contributed by atoms with E-state index >= 15 is 0 Å². The number of halogens is 3. The topological polar surface area (TPSA) is 38.0 Å². The zero-order valence-corrected chi connectivity index (χ0v) is 12.4. The molecule has 2 aromatic carbocycles. The molecule has 2 nitrogen and oxygen atoms in total. The van der Waals surface area contributed by atoms with Crippen molar-refractivity contribution in [1.82, 2.24) is 5.43 Å². The lowest BCUT2D eigenvalue weighted by atomic mass is 9.99. The molecule has 0 saturated heterocycles. The first-order chi connectivity index (χ1) is 9.10. The van der Waals surface area contributed by atoms with Crippen LogP contribution >= 0.6 is 27.5 Å². The van der Waals surface area contributed by atoms with Crippen LogP contribution in [-0.4, -0.2) is 0 Å². The van der Waals surface area contributed by atoms with Crippen LogP contribution in [-0.2, 0) is 6.42 Å². The largest absolute Gasteiger partial charge is 0.271 e. The van der Waals surface area contributed by atoms with Gasteiger partial charge in [-0.3, -0.25) is 11.3 Å². The SMILES string of the molecule is NNC(Cc1ccc(Cl)cc1)c1cc(F)ccc1Br. The van der Waals surface area contributed by atoms with Gasteiger partial charge in [0.15, 0.2) is 0 Å². The van der Waals surface area contributed by atoms with Crippen LogP contribution in [0.2, 0.25) is 5.02 Å². The number of benzene rings is 2. The Balaban J connectivity index is 2.24. The fraction of sp³-hybridized carbons (Fsp3) is 0.143. The summed E-state index contributed by atoms with van der Waals surface area (Å²) in [4.78, 5) is 0. The van der Waals surface area contributed by atoms with E-state index in [0.717, 1.165) is 15.6 Å². The third kappa shape index (κ3) is 3.76. The molecule has 0 heterocycles. The first-order valence-electron chi connectivity index (χ1n) is 5.75. The highest BCUT2D eigenvalue weighted by molar-refractivity contribution is 9.10.